The number of likely N-dealkylation sites (N-methyl/N-ethyl adjacent to an activating group) is 1. The van der Waals surface area contributed by atoms with Gasteiger partial charge < -0.3 is 10.2 Å². The van der Waals surface area contributed by atoms with E-state index in [9.17, 15) is 4.39 Å². The van der Waals surface area contributed by atoms with Crippen molar-refractivity contribution in [2.45, 2.75) is 13.0 Å². The smallest absolute Gasteiger partial charge is 0.183 e. The van der Waals surface area contributed by atoms with E-state index in [0.717, 1.165) is 21.9 Å². The zero-order chi connectivity index (χ0) is 12.4. The predicted octanol–water partition coefficient (Wildman–Crippen LogP) is 2.80. The number of benzene rings is 1. The lowest BCUT2D eigenvalue weighted by atomic mass is 10.3. The number of hydrogen-bond acceptors (Lipinski definition) is 4. The van der Waals surface area contributed by atoms with Crippen LogP contribution in [0.2, 0.25) is 0 Å². The van der Waals surface area contributed by atoms with E-state index in [4.69, 9.17) is 0 Å². The number of hydrogen-bond donors (Lipinski definition) is 1. The van der Waals surface area contributed by atoms with Crippen molar-refractivity contribution in [2.24, 2.45) is 0 Å². The van der Waals surface area contributed by atoms with Gasteiger partial charge in [0.15, 0.2) is 5.13 Å². The number of fused-ring (bicyclic) bond motifs is 1. The molecular weight excluding hydrogens is 237 g/mol. The molecule has 2 rings (SSSR count). The van der Waals surface area contributed by atoms with Crippen LogP contribution in [0.1, 0.15) is 6.92 Å². The van der Waals surface area contributed by atoms with E-state index < -0.39 is 0 Å². The summed E-state index contributed by atoms with van der Waals surface area (Å²) in [5, 5.41) is 4.12. The zero-order valence-corrected chi connectivity index (χ0v) is 11.0. The molecule has 3 nitrogen and oxygen atoms in total. The SMILES string of the molecule is CC(CNc1nc2cc(F)ccc2s1)N(C)C. The molecule has 1 heterocycles. The lowest BCUT2D eigenvalue weighted by Gasteiger charge is -2.19. The Balaban J connectivity index is 2.09. The lowest BCUT2D eigenvalue weighted by Crippen LogP contribution is -2.31. The third kappa shape index (κ3) is 2.92. The van der Waals surface area contributed by atoms with Gasteiger partial charge in [0.2, 0.25) is 0 Å². The zero-order valence-electron chi connectivity index (χ0n) is 10.2. The highest BCUT2D eigenvalue weighted by Crippen LogP contribution is 2.26. The van der Waals surface area contributed by atoms with Crippen LogP contribution in [0.15, 0.2) is 18.2 Å². The predicted molar refractivity (Wildman–Crippen MR) is 71.2 cm³/mol. The van der Waals surface area contributed by atoms with Crippen molar-refractivity contribution in [3.8, 4) is 0 Å². The first-order valence-corrected chi connectivity index (χ1v) is 6.34. The van der Waals surface area contributed by atoms with Crippen LogP contribution in [0.4, 0.5) is 9.52 Å². The first-order valence-electron chi connectivity index (χ1n) is 5.52. The van der Waals surface area contributed by atoms with E-state index in [1.165, 1.54) is 12.1 Å². The molecule has 0 spiro atoms. The molecule has 5 heteroatoms. The van der Waals surface area contributed by atoms with Crippen molar-refractivity contribution in [2.75, 3.05) is 26.0 Å². The van der Waals surface area contributed by atoms with E-state index in [1.807, 2.05) is 14.1 Å². The second kappa shape index (κ2) is 4.98. The molecule has 17 heavy (non-hydrogen) atoms. The fourth-order valence-corrected chi connectivity index (χ4v) is 2.25. The van der Waals surface area contributed by atoms with Crippen molar-refractivity contribution in [3.05, 3.63) is 24.0 Å². The Hall–Kier alpha value is -1.20. The van der Waals surface area contributed by atoms with Gasteiger partial charge in [0, 0.05) is 18.7 Å². The second-order valence-corrected chi connectivity index (χ2v) is 5.36. The van der Waals surface area contributed by atoms with Crippen molar-refractivity contribution >= 4 is 26.7 Å². The summed E-state index contributed by atoms with van der Waals surface area (Å²) >= 11 is 1.55. The van der Waals surface area contributed by atoms with Crippen LogP contribution in [0, 0.1) is 5.82 Å². The minimum absolute atomic E-state index is 0.240. The lowest BCUT2D eigenvalue weighted by molar-refractivity contribution is 0.326. The number of rotatable bonds is 4. The minimum atomic E-state index is -0.240. The van der Waals surface area contributed by atoms with Crippen LogP contribution in [0.3, 0.4) is 0 Å². The quantitative estimate of drug-likeness (QED) is 0.908. The van der Waals surface area contributed by atoms with Crippen molar-refractivity contribution in [1.29, 1.82) is 0 Å². The fourth-order valence-electron chi connectivity index (χ4n) is 1.39. The molecule has 1 unspecified atom stereocenters. The molecule has 92 valence electrons. The molecule has 0 aliphatic carbocycles. The Labute approximate surface area is 104 Å². The largest absolute Gasteiger partial charge is 0.360 e. The highest BCUT2D eigenvalue weighted by atomic mass is 32.1. The molecule has 0 saturated heterocycles. The van der Waals surface area contributed by atoms with Crippen LogP contribution < -0.4 is 5.32 Å². The van der Waals surface area contributed by atoms with Gasteiger partial charge in [-0.05, 0) is 33.2 Å². The molecule has 2 aromatic rings. The number of thiazole rings is 1. The van der Waals surface area contributed by atoms with Gasteiger partial charge in [-0.15, -0.1) is 0 Å². The molecule has 1 aromatic carbocycles. The molecule has 0 radical (unpaired) electrons. The highest BCUT2D eigenvalue weighted by Gasteiger charge is 2.07. The van der Waals surface area contributed by atoms with Crippen LogP contribution in [0.25, 0.3) is 10.2 Å². The van der Waals surface area contributed by atoms with Crippen LogP contribution in [-0.2, 0) is 0 Å². The van der Waals surface area contributed by atoms with Gasteiger partial charge in [-0.2, -0.15) is 0 Å². The molecule has 0 saturated carbocycles. The first-order chi connectivity index (χ1) is 8.06. The first kappa shape index (κ1) is 12.3. The minimum Gasteiger partial charge on any atom is -0.360 e. The Morgan fingerprint density at radius 3 is 2.94 bits per heavy atom. The molecule has 0 bridgehead atoms. The highest BCUT2D eigenvalue weighted by molar-refractivity contribution is 7.22. The average Bonchev–Trinajstić information content (AvgIpc) is 2.67. The maximum Gasteiger partial charge on any atom is 0.183 e. The maximum atomic E-state index is 13.0. The molecule has 1 aromatic heterocycles. The van der Waals surface area contributed by atoms with Gasteiger partial charge in [0.25, 0.3) is 0 Å². The summed E-state index contributed by atoms with van der Waals surface area (Å²) in [6, 6.07) is 5.13. The van der Waals surface area contributed by atoms with Gasteiger partial charge in [0.05, 0.1) is 10.2 Å². The third-order valence-electron chi connectivity index (χ3n) is 2.78. The third-order valence-corrected chi connectivity index (χ3v) is 3.77. The monoisotopic (exact) mass is 253 g/mol. The molecule has 0 fully saturated rings. The van der Waals surface area contributed by atoms with Crippen molar-refractivity contribution < 1.29 is 4.39 Å². The summed E-state index contributed by atoms with van der Waals surface area (Å²) < 4.78 is 14.0. The topological polar surface area (TPSA) is 28.2 Å². The van der Waals surface area contributed by atoms with Gasteiger partial charge in [-0.25, -0.2) is 9.37 Å². The van der Waals surface area contributed by atoms with Crippen LogP contribution >= 0.6 is 11.3 Å². The normalized spacial score (nSPS) is 13.2. The van der Waals surface area contributed by atoms with Gasteiger partial charge in [0.1, 0.15) is 5.82 Å². The van der Waals surface area contributed by atoms with Crippen molar-refractivity contribution in [3.63, 3.8) is 0 Å². The molecule has 0 aliphatic heterocycles. The Morgan fingerprint density at radius 1 is 1.47 bits per heavy atom. The van der Waals surface area contributed by atoms with Gasteiger partial charge >= 0.3 is 0 Å². The Bertz CT molecular complexity index is 509. The van der Waals surface area contributed by atoms with Gasteiger partial charge in [-0.3, -0.25) is 0 Å². The molecular formula is C12H16FN3S. The number of aromatic nitrogens is 1. The molecule has 0 aliphatic rings. The number of nitrogens with one attached hydrogen (secondary N) is 1. The summed E-state index contributed by atoms with van der Waals surface area (Å²) in [4.78, 5) is 6.49. The molecule has 0 amide bonds. The van der Waals surface area contributed by atoms with E-state index in [1.54, 1.807) is 17.4 Å². The Kier molecular flexibility index (Phi) is 3.59. The second-order valence-electron chi connectivity index (χ2n) is 4.32. The Morgan fingerprint density at radius 2 is 2.24 bits per heavy atom. The summed E-state index contributed by atoms with van der Waals surface area (Å²) in [7, 11) is 4.08. The van der Waals surface area contributed by atoms with Crippen LogP contribution in [0.5, 0.6) is 0 Å². The standard InChI is InChI=1S/C12H16FN3S/c1-8(16(2)3)7-14-12-15-10-6-9(13)4-5-11(10)17-12/h4-6,8H,7H2,1-3H3,(H,14,15). The van der Waals surface area contributed by atoms with Crippen LogP contribution in [-0.4, -0.2) is 36.6 Å². The fraction of sp³-hybridized carbons (Fsp3) is 0.417. The molecule has 1 N–H and O–H groups in total. The number of nitrogens with zero attached hydrogens (tertiary/aromatic N) is 2. The van der Waals surface area contributed by atoms with E-state index in [2.05, 4.69) is 22.1 Å². The number of anilines is 1. The van der Waals surface area contributed by atoms with E-state index in [-0.39, 0.29) is 5.82 Å². The molecule has 1 atom stereocenters. The maximum absolute atomic E-state index is 13.0. The average molecular weight is 253 g/mol. The van der Waals surface area contributed by atoms with Crippen molar-refractivity contribution in [1.82, 2.24) is 9.88 Å². The van der Waals surface area contributed by atoms with E-state index in [0.29, 0.717) is 6.04 Å². The summed E-state index contributed by atoms with van der Waals surface area (Å²) in [5.74, 6) is -0.240. The van der Waals surface area contributed by atoms with Gasteiger partial charge in [-0.1, -0.05) is 11.3 Å². The number of halogens is 1. The summed E-state index contributed by atoms with van der Waals surface area (Å²) in [6.45, 7) is 2.97. The summed E-state index contributed by atoms with van der Waals surface area (Å²) in [6.07, 6.45) is 0. The summed E-state index contributed by atoms with van der Waals surface area (Å²) in [5.41, 5.74) is 0.718. The van der Waals surface area contributed by atoms with E-state index >= 15 is 0 Å².